The van der Waals surface area contributed by atoms with Gasteiger partial charge in [-0.05, 0) is 49.6 Å². The molecule has 1 aliphatic heterocycles. The predicted molar refractivity (Wildman–Crippen MR) is 139 cm³/mol. The number of esters is 1. The number of nitrogens with two attached hydrogens (primary N) is 1. The van der Waals surface area contributed by atoms with Gasteiger partial charge in [-0.1, -0.05) is 43.9 Å². The fourth-order valence-corrected chi connectivity index (χ4v) is 4.75. The highest BCUT2D eigenvalue weighted by Gasteiger charge is 2.22. The van der Waals surface area contributed by atoms with Gasteiger partial charge < -0.3 is 25.0 Å². The summed E-state index contributed by atoms with van der Waals surface area (Å²) >= 11 is 0. The molecule has 36 heavy (non-hydrogen) atoms. The molecule has 0 radical (unpaired) electrons. The first-order valence-corrected chi connectivity index (χ1v) is 12.9. The fourth-order valence-electron chi connectivity index (χ4n) is 4.75. The molecular formula is C28H36N4O4. The smallest absolute Gasteiger partial charge is 0.331 e. The quantitative estimate of drug-likeness (QED) is 0.241. The minimum absolute atomic E-state index is 0.00856. The molecule has 2 aromatic carbocycles. The maximum absolute atomic E-state index is 12.6. The number of carbonyl (C=O) groups is 2. The lowest BCUT2D eigenvalue weighted by Crippen LogP contribution is -2.42. The van der Waals surface area contributed by atoms with Gasteiger partial charge in [0.2, 0.25) is 5.91 Å². The topological polar surface area (TPSA) is 97.5 Å². The number of hydrogen-bond donors (Lipinski definition) is 1. The number of aliphatic imine (C=N–C) groups is 1. The molecule has 0 atom stereocenters. The maximum Gasteiger partial charge on any atom is 0.331 e. The minimum atomic E-state index is -0.409. The van der Waals surface area contributed by atoms with Crippen molar-refractivity contribution in [3.8, 4) is 11.5 Å². The van der Waals surface area contributed by atoms with E-state index in [0.717, 1.165) is 24.1 Å². The standard InChI is InChI=1S/C28H36N4O4/c1-31(22-10-5-2-3-6-11-22)26(33)14-9-17-35-24-15-16-25-21(18-24)19-32(28(29)30-25)20-27(34)36-23-12-7-4-8-13-23/h4,7-8,12-13,15-16,18,22H,2-3,5-6,9-11,14,17,19-20H2,1H3,(H2,29,30). The molecule has 4 rings (SSSR count). The van der Waals surface area contributed by atoms with Gasteiger partial charge in [-0.3, -0.25) is 4.79 Å². The number of ether oxygens (including phenoxy) is 2. The summed E-state index contributed by atoms with van der Waals surface area (Å²) in [7, 11) is 1.94. The molecule has 0 unspecified atom stereocenters. The first-order valence-electron chi connectivity index (χ1n) is 12.9. The van der Waals surface area contributed by atoms with Crippen LogP contribution in [0.15, 0.2) is 53.5 Å². The largest absolute Gasteiger partial charge is 0.494 e. The molecule has 0 bridgehead atoms. The average molecular weight is 493 g/mol. The van der Waals surface area contributed by atoms with E-state index in [9.17, 15) is 9.59 Å². The van der Waals surface area contributed by atoms with Crippen LogP contribution in [0, 0.1) is 0 Å². The average Bonchev–Trinajstić information content (AvgIpc) is 3.17. The molecule has 1 saturated carbocycles. The summed E-state index contributed by atoms with van der Waals surface area (Å²) in [4.78, 5) is 33.1. The molecule has 1 aliphatic carbocycles. The number of benzene rings is 2. The molecule has 2 aromatic rings. The van der Waals surface area contributed by atoms with E-state index in [4.69, 9.17) is 15.2 Å². The van der Waals surface area contributed by atoms with E-state index in [1.165, 1.54) is 25.7 Å². The molecule has 1 amide bonds. The van der Waals surface area contributed by atoms with Crippen LogP contribution < -0.4 is 15.2 Å². The number of fused-ring (bicyclic) bond motifs is 1. The van der Waals surface area contributed by atoms with Crippen LogP contribution >= 0.6 is 0 Å². The highest BCUT2D eigenvalue weighted by molar-refractivity contribution is 5.87. The first-order chi connectivity index (χ1) is 17.5. The van der Waals surface area contributed by atoms with E-state index >= 15 is 0 Å². The van der Waals surface area contributed by atoms with Crippen LogP contribution in [0.1, 0.15) is 56.9 Å². The molecule has 2 aliphatic rings. The first kappa shape index (κ1) is 25.5. The highest BCUT2D eigenvalue weighted by Crippen LogP contribution is 2.29. The third-order valence-corrected chi connectivity index (χ3v) is 6.84. The number of guanidine groups is 1. The number of para-hydroxylation sites is 1. The lowest BCUT2D eigenvalue weighted by Gasteiger charge is -2.27. The van der Waals surface area contributed by atoms with Crippen molar-refractivity contribution >= 4 is 23.5 Å². The third-order valence-electron chi connectivity index (χ3n) is 6.84. The molecule has 8 heteroatoms. The number of hydrogen-bond acceptors (Lipinski definition) is 7. The van der Waals surface area contributed by atoms with Crippen molar-refractivity contribution in [1.82, 2.24) is 9.80 Å². The van der Waals surface area contributed by atoms with Gasteiger partial charge in [-0.2, -0.15) is 0 Å². The van der Waals surface area contributed by atoms with Crippen molar-refractivity contribution in [3.05, 3.63) is 54.1 Å². The second-order valence-corrected chi connectivity index (χ2v) is 9.51. The maximum atomic E-state index is 12.6. The molecule has 2 N–H and O–H groups in total. The van der Waals surface area contributed by atoms with Gasteiger partial charge in [-0.25, -0.2) is 9.79 Å². The molecule has 1 heterocycles. The van der Waals surface area contributed by atoms with E-state index in [-0.39, 0.29) is 18.4 Å². The summed E-state index contributed by atoms with van der Waals surface area (Å²) in [5.41, 5.74) is 7.76. The zero-order valence-electron chi connectivity index (χ0n) is 21.0. The number of nitrogens with zero attached hydrogens (tertiary/aromatic N) is 3. The summed E-state index contributed by atoms with van der Waals surface area (Å²) < 4.78 is 11.3. The van der Waals surface area contributed by atoms with E-state index in [1.54, 1.807) is 17.0 Å². The summed E-state index contributed by atoms with van der Waals surface area (Å²) in [6.45, 7) is 0.878. The van der Waals surface area contributed by atoms with E-state index in [2.05, 4.69) is 4.99 Å². The summed E-state index contributed by atoms with van der Waals surface area (Å²) in [5, 5.41) is 0. The lowest BCUT2D eigenvalue weighted by atomic mass is 10.1. The van der Waals surface area contributed by atoms with Gasteiger partial charge in [0.05, 0.1) is 12.3 Å². The third kappa shape index (κ3) is 6.99. The van der Waals surface area contributed by atoms with Crippen LogP contribution in [-0.4, -0.2) is 53.9 Å². The Kier molecular flexibility index (Phi) is 8.81. The van der Waals surface area contributed by atoms with Crippen LogP contribution in [0.5, 0.6) is 11.5 Å². The van der Waals surface area contributed by atoms with Gasteiger partial charge in [0.1, 0.15) is 18.0 Å². The van der Waals surface area contributed by atoms with E-state index < -0.39 is 5.97 Å². The van der Waals surface area contributed by atoms with Gasteiger partial charge in [0.15, 0.2) is 5.96 Å². The van der Waals surface area contributed by atoms with Crippen molar-refractivity contribution in [1.29, 1.82) is 0 Å². The number of carbonyl (C=O) groups excluding carboxylic acids is 2. The van der Waals surface area contributed by atoms with Gasteiger partial charge in [0, 0.05) is 31.6 Å². The lowest BCUT2D eigenvalue weighted by molar-refractivity contribution is -0.135. The van der Waals surface area contributed by atoms with Crippen LogP contribution in [-0.2, 0) is 16.1 Å². The molecule has 0 saturated heterocycles. The van der Waals surface area contributed by atoms with Crippen molar-refractivity contribution in [3.63, 3.8) is 0 Å². The minimum Gasteiger partial charge on any atom is -0.494 e. The molecule has 192 valence electrons. The molecule has 0 spiro atoms. The Hall–Kier alpha value is -3.55. The Morgan fingerprint density at radius 1 is 1.06 bits per heavy atom. The Morgan fingerprint density at radius 2 is 1.81 bits per heavy atom. The fraction of sp³-hybridized carbons (Fsp3) is 0.464. The number of rotatable bonds is 9. The second-order valence-electron chi connectivity index (χ2n) is 9.51. The highest BCUT2D eigenvalue weighted by atomic mass is 16.5. The van der Waals surface area contributed by atoms with Crippen molar-refractivity contribution < 1.29 is 19.1 Å². The zero-order valence-corrected chi connectivity index (χ0v) is 21.0. The van der Waals surface area contributed by atoms with Gasteiger partial charge >= 0.3 is 5.97 Å². The van der Waals surface area contributed by atoms with Crippen LogP contribution in [0.2, 0.25) is 0 Å². The van der Waals surface area contributed by atoms with Gasteiger partial charge in [0.25, 0.3) is 0 Å². The van der Waals surface area contributed by atoms with E-state index in [0.29, 0.717) is 43.5 Å². The molecule has 0 aromatic heterocycles. The summed E-state index contributed by atoms with van der Waals surface area (Å²) in [6.07, 6.45) is 8.35. The van der Waals surface area contributed by atoms with Crippen LogP contribution in [0.4, 0.5) is 5.69 Å². The Labute approximate surface area is 213 Å². The second kappa shape index (κ2) is 12.4. The van der Waals surface area contributed by atoms with Crippen LogP contribution in [0.3, 0.4) is 0 Å². The molecule has 8 nitrogen and oxygen atoms in total. The zero-order chi connectivity index (χ0) is 25.3. The van der Waals surface area contributed by atoms with Crippen molar-refractivity contribution in [2.75, 3.05) is 20.2 Å². The Balaban J connectivity index is 1.25. The van der Waals surface area contributed by atoms with Gasteiger partial charge in [-0.15, -0.1) is 0 Å². The molecular weight excluding hydrogens is 456 g/mol. The Morgan fingerprint density at radius 3 is 2.56 bits per heavy atom. The normalized spacial score (nSPS) is 15.9. The summed E-state index contributed by atoms with van der Waals surface area (Å²) in [5.74, 6) is 1.26. The Bertz CT molecular complexity index is 1060. The van der Waals surface area contributed by atoms with E-state index in [1.807, 2.05) is 48.3 Å². The monoisotopic (exact) mass is 492 g/mol. The van der Waals surface area contributed by atoms with Crippen molar-refractivity contribution in [2.45, 2.75) is 64.0 Å². The number of amides is 1. The van der Waals surface area contributed by atoms with Crippen molar-refractivity contribution in [2.24, 2.45) is 10.7 Å². The molecule has 1 fully saturated rings. The van der Waals surface area contributed by atoms with Crippen LogP contribution in [0.25, 0.3) is 0 Å². The predicted octanol–water partition coefficient (Wildman–Crippen LogP) is 4.39. The SMILES string of the molecule is CN(C(=O)CCCOc1ccc2c(c1)CN(CC(=O)Oc1ccccc1)C(N)=N2)C1CCCCCC1. The summed E-state index contributed by atoms with van der Waals surface area (Å²) in [6, 6.07) is 14.9.